The second-order valence-electron chi connectivity index (χ2n) is 5.85. The summed E-state index contributed by atoms with van der Waals surface area (Å²) >= 11 is 6.16. The predicted molar refractivity (Wildman–Crippen MR) is 88.6 cm³/mol. The monoisotopic (exact) mass is 318 g/mol. The topological polar surface area (TPSA) is 21.7 Å². The molecule has 0 radical (unpaired) electrons. The van der Waals surface area contributed by atoms with Crippen LogP contribution in [-0.2, 0) is 9.31 Å². The highest BCUT2D eigenvalue weighted by atomic mass is 35.5. The van der Waals surface area contributed by atoms with Crippen molar-refractivity contribution in [2.75, 3.05) is 17.9 Å². The summed E-state index contributed by atoms with van der Waals surface area (Å²) in [4.78, 5) is 0.102. The number of rotatable bonds is 2. The second-order valence-corrected chi connectivity index (χ2v) is 6.23. The van der Waals surface area contributed by atoms with Crippen molar-refractivity contribution >= 4 is 29.9 Å². The molecule has 2 fully saturated rings. The maximum absolute atomic E-state index is 8.65. The highest BCUT2D eigenvalue weighted by molar-refractivity contribution is 6.62. The Kier molecular flexibility index (Phi) is 1.68. The van der Waals surface area contributed by atoms with E-state index >= 15 is 0 Å². The van der Waals surface area contributed by atoms with Gasteiger partial charge in [0.2, 0.25) is 0 Å². The van der Waals surface area contributed by atoms with Crippen LogP contribution in [0.1, 0.15) is 55.5 Å². The van der Waals surface area contributed by atoms with Crippen LogP contribution in [0.5, 0.6) is 0 Å². The van der Waals surface area contributed by atoms with E-state index in [-0.39, 0.29) is 10.4 Å². The van der Waals surface area contributed by atoms with Gasteiger partial charge in [0.15, 0.2) is 0 Å². The van der Waals surface area contributed by atoms with E-state index in [1.807, 2.05) is 0 Å². The van der Waals surface area contributed by atoms with E-state index in [9.17, 15) is 0 Å². The molecular weight excluding hydrogens is 284 g/mol. The van der Waals surface area contributed by atoms with Crippen LogP contribution in [0.25, 0.3) is 0 Å². The minimum Gasteiger partial charge on any atom is -0.399 e. The SMILES string of the molecule is [2H]c1c(Cl)c([2H])c(N2C([2H])([2H])C([2H])([2H])C([2H])([2H])C2([2H])[2H])c([2H])c1B1OC(C)(C)C(C)(C)O1. The third kappa shape index (κ3) is 2.81. The van der Waals surface area contributed by atoms with Crippen LogP contribution < -0.4 is 10.4 Å². The summed E-state index contributed by atoms with van der Waals surface area (Å²) in [6.45, 7) is 0.271. The molecule has 114 valence electrons. The zero-order chi connectivity index (χ0) is 25.0. The summed E-state index contributed by atoms with van der Waals surface area (Å²) in [6.07, 6.45) is -6.72. The van der Waals surface area contributed by atoms with Crippen LogP contribution in [0.15, 0.2) is 18.1 Å². The maximum atomic E-state index is 8.65. The second kappa shape index (κ2) is 5.18. The van der Waals surface area contributed by atoms with Gasteiger partial charge in [-0.25, -0.2) is 0 Å². The van der Waals surface area contributed by atoms with E-state index in [1.54, 1.807) is 27.7 Å². The lowest BCUT2D eigenvalue weighted by molar-refractivity contribution is 0.00578. The number of hydrogen-bond acceptors (Lipinski definition) is 3. The highest BCUT2D eigenvalue weighted by Gasteiger charge is 2.51. The summed E-state index contributed by atoms with van der Waals surface area (Å²) in [5, 5.41) is -0.555. The molecule has 0 N–H and O–H groups in total. The third-order valence-electron chi connectivity index (χ3n) is 3.84. The molecule has 0 aromatic heterocycles. The smallest absolute Gasteiger partial charge is 0.399 e. The number of hydrogen-bond donors (Lipinski definition) is 0. The summed E-state index contributed by atoms with van der Waals surface area (Å²) < 4.78 is 102. The van der Waals surface area contributed by atoms with Gasteiger partial charge in [-0.3, -0.25) is 0 Å². The highest BCUT2D eigenvalue weighted by Crippen LogP contribution is 2.37. The summed E-state index contributed by atoms with van der Waals surface area (Å²) in [5.74, 6) is 0. The fraction of sp³-hybridized carbons (Fsp3) is 0.625. The Morgan fingerprint density at radius 2 is 1.71 bits per heavy atom. The lowest BCUT2D eigenvalue weighted by Gasteiger charge is -2.32. The molecule has 0 aliphatic carbocycles. The molecule has 1 aromatic rings. The quantitative estimate of drug-likeness (QED) is 0.781. The van der Waals surface area contributed by atoms with E-state index < -0.39 is 72.9 Å². The molecule has 0 amide bonds. The Hall–Kier alpha value is -0.705. The molecule has 0 saturated carbocycles. The Labute approximate surface area is 148 Å². The third-order valence-corrected chi connectivity index (χ3v) is 4.03. The first-order valence-electron chi connectivity index (χ1n) is 12.0. The van der Waals surface area contributed by atoms with Gasteiger partial charge in [-0.1, -0.05) is 11.6 Å². The predicted octanol–water partition coefficient (Wildman–Crippen LogP) is 3.24. The fourth-order valence-corrected chi connectivity index (χ4v) is 2.13. The van der Waals surface area contributed by atoms with Gasteiger partial charge in [-0.05, 0) is 64.0 Å². The number of nitrogens with zero attached hydrogens (tertiary/aromatic N) is 1. The van der Waals surface area contributed by atoms with Crippen molar-refractivity contribution in [3.8, 4) is 0 Å². The molecule has 2 heterocycles. The van der Waals surface area contributed by atoms with E-state index in [0.29, 0.717) is 0 Å². The Morgan fingerprint density at radius 3 is 2.29 bits per heavy atom. The van der Waals surface area contributed by atoms with Gasteiger partial charge < -0.3 is 14.2 Å². The van der Waals surface area contributed by atoms with Crippen molar-refractivity contribution in [3.05, 3.63) is 23.1 Å². The number of benzene rings is 1. The van der Waals surface area contributed by atoms with Gasteiger partial charge in [-0.15, -0.1) is 0 Å². The minimum absolute atomic E-state index is 0.102. The molecule has 3 rings (SSSR count). The van der Waals surface area contributed by atoms with Crippen LogP contribution in [0.4, 0.5) is 5.69 Å². The molecule has 0 spiro atoms. The minimum atomic E-state index is -3.36. The molecule has 2 aliphatic heterocycles. The lowest BCUT2D eigenvalue weighted by Crippen LogP contribution is -2.41. The van der Waals surface area contributed by atoms with Crippen LogP contribution in [0, 0.1) is 0 Å². The molecule has 1 aromatic carbocycles. The largest absolute Gasteiger partial charge is 0.494 e. The molecule has 21 heavy (non-hydrogen) atoms. The standard InChI is InChI=1S/C16H23BClNO2/c1-15(2)16(3,4)21-17(20-15)12-9-13(18)11-14(10-12)19-7-5-6-8-19/h9-11H,5-8H2,1-4H3/i5D2,6D2,7D2,8D2,9D,10D,11D. The molecule has 0 bridgehead atoms. The van der Waals surface area contributed by atoms with Crippen molar-refractivity contribution in [1.82, 2.24) is 0 Å². The molecule has 2 aliphatic rings. The Morgan fingerprint density at radius 1 is 1.14 bits per heavy atom. The molecule has 0 unspecified atom stereocenters. The molecule has 2 saturated heterocycles. The van der Waals surface area contributed by atoms with Gasteiger partial charge >= 0.3 is 7.12 Å². The van der Waals surface area contributed by atoms with Crippen LogP contribution >= 0.6 is 11.6 Å². The van der Waals surface area contributed by atoms with E-state index in [0.717, 1.165) is 0 Å². The van der Waals surface area contributed by atoms with Gasteiger partial charge in [-0.2, -0.15) is 0 Å². The van der Waals surface area contributed by atoms with E-state index in [2.05, 4.69) is 0 Å². The molecule has 5 heteroatoms. The van der Waals surface area contributed by atoms with E-state index in [4.69, 9.17) is 36.0 Å². The summed E-state index contributed by atoms with van der Waals surface area (Å²) in [7, 11) is -1.33. The summed E-state index contributed by atoms with van der Waals surface area (Å²) in [5.41, 5.74) is -2.85. The van der Waals surface area contributed by atoms with Crippen molar-refractivity contribution < 1.29 is 24.4 Å². The van der Waals surface area contributed by atoms with Gasteiger partial charge in [0.05, 0.1) is 15.3 Å². The summed E-state index contributed by atoms with van der Waals surface area (Å²) in [6, 6.07) is -2.04. The first kappa shape index (κ1) is 6.82. The van der Waals surface area contributed by atoms with Crippen molar-refractivity contribution in [2.24, 2.45) is 0 Å². The number of halogens is 1. The van der Waals surface area contributed by atoms with Crippen molar-refractivity contribution in [2.45, 2.75) is 51.6 Å². The van der Waals surface area contributed by atoms with E-state index in [1.165, 1.54) is 0 Å². The molecule has 3 nitrogen and oxygen atoms in total. The van der Waals surface area contributed by atoms with Crippen LogP contribution in [-0.4, -0.2) is 31.3 Å². The van der Waals surface area contributed by atoms with Crippen LogP contribution in [0.2, 0.25) is 5.02 Å². The zero-order valence-electron chi connectivity index (χ0n) is 23.2. The van der Waals surface area contributed by atoms with Gasteiger partial charge in [0.1, 0.15) is 0 Å². The Balaban J connectivity index is 2.33. The van der Waals surface area contributed by atoms with Crippen LogP contribution in [0.3, 0.4) is 0 Å². The maximum Gasteiger partial charge on any atom is 0.494 e. The zero-order valence-corrected chi connectivity index (χ0v) is 13.0. The normalized spacial score (nSPS) is 41.1. The number of anilines is 1. The lowest BCUT2D eigenvalue weighted by atomic mass is 9.79. The fourth-order valence-electron chi connectivity index (χ4n) is 1.94. The average molecular weight is 319 g/mol. The van der Waals surface area contributed by atoms with Crippen molar-refractivity contribution in [3.63, 3.8) is 0 Å². The Bertz CT molecular complexity index is 943. The first-order chi connectivity index (χ1) is 14.1. The van der Waals surface area contributed by atoms with Gasteiger partial charge in [0, 0.05) is 34.7 Å². The molecule has 0 atom stereocenters. The molecular formula is C16H23BClNO2. The average Bonchev–Trinajstić information content (AvgIpc) is 2.85. The van der Waals surface area contributed by atoms with Gasteiger partial charge in [0.25, 0.3) is 0 Å². The van der Waals surface area contributed by atoms with Crippen molar-refractivity contribution in [1.29, 1.82) is 0 Å². The first-order valence-corrected chi connectivity index (χ1v) is 6.91.